The molecule has 0 unspecified atom stereocenters. The molecule has 0 radical (unpaired) electrons. The minimum Gasteiger partial charge on any atom is -0.480 e. The summed E-state index contributed by atoms with van der Waals surface area (Å²) < 4.78 is 3.93. The summed E-state index contributed by atoms with van der Waals surface area (Å²) in [5.41, 5.74) is -0.595. The van der Waals surface area contributed by atoms with Crippen LogP contribution in [0.15, 0.2) is 0 Å². The van der Waals surface area contributed by atoms with Crippen molar-refractivity contribution in [1.82, 2.24) is 14.3 Å². The van der Waals surface area contributed by atoms with E-state index < -0.39 is 17.5 Å². The van der Waals surface area contributed by atoms with Crippen LogP contribution in [0.4, 0.5) is 9.93 Å². The number of aromatic nitrogens is 2. The third-order valence-electron chi connectivity index (χ3n) is 2.09. The summed E-state index contributed by atoms with van der Waals surface area (Å²) in [5, 5.41) is 11.7. The van der Waals surface area contributed by atoms with Gasteiger partial charge in [-0.3, -0.25) is 10.1 Å². The maximum atomic E-state index is 12.0. The molecule has 8 heteroatoms. The van der Waals surface area contributed by atoms with E-state index in [9.17, 15) is 9.59 Å². The number of amides is 2. The molecule has 0 aliphatic heterocycles. The lowest BCUT2D eigenvalue weighted by atomic mass is 10.1. The Morgan fingerprint density at radius 3 is 2.44 bits per heavy atom. The van der Waals surface area contributed by atoms with Gasteiger partial charge in [0.1, 0.15) is 12.4 Å². The number of aryl methyl sites for hydroxylation is 1. The first kappa shape index (κ1) is 14.4. The van der Waals surface area contributed by atoms with E-state index in [0.717, 1.165) is 11.5 Å². The molecule has 1 aromatic rings. The second-order valence-electron chi connectivity index (χ2n) is 4.73. The number of urea groups is 1. The monoisotopic (exact) mass is 272 g/mol. The minimum atomic E-state index is -1.06. The molecule has 1 aromatic heterocycles. The number of carboxylic acids is 1. The van der Waals surface area contributed by atoms with Gasteiger partial charge in [-0.05, 0) is 27.7 Å². The smallest absolute Gasteiger partial charge is 0.324 e. The zero-order chi connectivity index (χ0) is 13.9. The van der Waals surface area contributed by atoms with Crippen LogP contribution in [0.2, 0.25) is 0 Å². The van der Waals surface area contributed by atoms with Crippen molar-refractivity contribution in [2.24, 2.45) is 0 Å². The lowest BCUT2D eigenvalue weighted by Gasteiger charge is -2.33. The van der Waals surface area contributed by atoms with Crippen LogP contribution < -0.4 is 5.32 Å². The molecule has 0 aliphatic carbocycles. The Morgan fingerprint density at radius 2 is 2.06 bits per heavy atom. The van der Waals surface area contributed by atoms with Crippen molar-refractivity contribution in [1.29, 1.82) is 0 Å². The minimum absolute atomic E-state index is 0.358. The maximum Gasteiger partial charge on any atom is 0.324 e. The summed E-state index contributed by atoms with van der Waals surface area (Å²) in [4.78, 5) is 28.0. The van der Waals surface area contributed by atoms with E-state index in [1.54, 1.807) is 27.7 Å². The van der Waals surface area contributed by atoms with Crippen LogP contribution in [0.3, 0.4) is 0 Å². The van der Waals surface area contributed by atoms with Crippen molar-refractivity contribution in [2.75, 3.05) is 11.9 Å². The molecule has 0 fully saturated rings. The third kappa shape index (κ3) is 3.95. The molecule has 0 spiro atoms. The first-order valence-electron chi connectivity index (χ1n) is 5.31. The Hall–Kier alpha value is -1.70. The molecule has 18 heavy (non-hydrogen) atoms. The van der Waals surface area contributed by atoms with E-state index in [-0.39, 0.29) is 6.54 Å². The molecular formula is C10H16N4O3S. The number of hydrogen-bond acceptors (Lipinski definition) is 5. The van der Waals surface area contributed by atoms with E-state index in [1.165, 1.54) is 4.90 Å². The van der Waals surface area contributed by atoms with Gasteiger partial charge in [0.05, 0.1) is 0 Å². The Bertz CT molecular complexity index is 452. The second kappa shape index (κ2) is 5.30. The third-order valence-corrected chi connectivity index (χ3v) is 2.81. The summed E-state index contributed by atoms with van der Waals surface area (Å²) in [6.45, 7) is 6.64. The maximum absolute atomic E-state index is 12.0. The molecule has 100 valence electrons. The molecule has 0 aromatic carbocycles. The molecule has 0 aliphatic rings. The number of carbonyl (C=O) groups excluding carboxylic acids is 1. The van der Waals surface area contributed by atoms with Gasteiger partial charge in [-0.15, -0.1) is 0 Å². The highest BCUT2D eigenvalue weighted by Crippen LogP contribution is 2.16. The molecule has 0 atom stereocenters. The predicted octanol–water partition coefficient (Wildman–Crippen LogP) is 1.56. The van der Waals surface area contributed by atoms with Gasteiger partial charge in [-0.1, -0.05) is 0 Å². The van der Waals surface area contributed by atoms with Crippen LogP contribution >= 0.6 is 11.5 Å². The van der Waals surface area contributed by atoms with Crippen LogP contribution in [0, 0.1) is 6.92 Å². The molecule has 2 N–H and O–H groups in total. The molecular weight excluding hydrogens is 256 g/mol. The zero-order valence-corrected chi connectivity index (χ0v) is 11.5. The second-order valence-corrected chi connectivity index (χ2v) is 5.48. The van der Waals surface area contributed by atoms with Crippen molar-refractivity contribution in [2.45, 2.75) is 33.2 Å². The van der Waals surface area contributed by atoms with Crippen molar-refractivity contribution in [3.05, 3.63) is 5.82 Å². The van der Waals surface area contributed by atoms with Crippen molar-refractivity contribution < 1.29 is 14.7 Å². The van der Waals surface area contributed by atoms with Gasteiger partial charge >= 0.3 is 12.0 Å². The largest absolute Gasteiger partial charge is 0.480 e. The van der Waals surface area contributed by atoms with E-state index in [4.69, 9.17) is 5.11 Å². The molecule has 1 rings (SSSR count). The highest BCUT2D eigenvalue weighted by molar-refractivity contribution is 7.09. The van der Waals surface area contributed by atoms with Gasteiger partial charge < -0.3 is 10.0 Å². The lowest BCUT2D eigenvalue weighted by Crippen LogP contribution is -2.50. The molecule has 1 heterocycles. The summed E-state index contributed by atoms with van der Waals surface area (Å²) in [6, 6.07) is -0.499. The number of carbonyl (C=O) groups is 2. The summed E-state index contributed by atoms with van der Waals surface area (Å²) in [7, 11) is 0. The highest BCUT2D eigenvalue weighted by atomic mass is 32.1. The predicted molar refractivity (Wildman–Crippen MR) is 67.8 cm³/mol. The zero-order valence-electron chi connectivity index (χ0n) is 10.7. The first-order chi connectivity index (χ1) is 8.20. The average Bonchev–Trinajstić information content (AvgIpc) is 2.58. The fourth-order valence-corrected chi connectivity index (χ4v) is 1.82. The topological polar surface area (TPSA) is 95.4 Å². The molecule has 2 amide bonds. The molecule has 0 bridgehead atoms. The number of carboxylic acid groups (broad SMARTS) is 1. The number of hydrogen-bond donors (Lipinski definition) is 2. The van der Waals surface area contributed by atoms with Crippen molar-refractivity contribution in [3.8, 4) is 0 Å². The van der Waals surface area contributed by atoms with Crippen molar-refractivity contribution in [3.63, 3.8) is 0 Å². The standard InChI is InChI=1S/C10H16N4O3S/c1-6-11-8(18-13-6)12-9(17)14(5-7(15)16)10(2,3)4/h5H2,1-4H3,(H,15,16)(H,11,12,13,17). The van der Waals surface area contributed by atoms with Crippen molar-refractivity contribution >= 4 is 28.7 Å². The Labute approximate surface area is 109 Å². The first-order valence-corrected chi connectivity index (χ1v) is 6.08. The number of rotatable bonds is 3. The Balaban J connectivity index is 2.80. The highest BCUT2D eigenvalue weighted by Gasteiger charge is 2.28. The van der Waals surface area contributed by atoms with Gasteiger partial charge in [0.2, 0.25) is 5.13 Å². The Kier molecular flexibility index (Phi) is 4.23. The van der Waals surface area contributed by atoms with E-state index in [2.05, 4.69) is 14.7 Å². The van der Waals surface area contributed by atoms with E-state index in [0.29, 0.717) is 11.0 Å². The van der Waals surface area contributed by atoms with E-state index >= 15 is 0 Å². The lowest BCUT2D eigenvalue weighted by molar-refractivity contribution is -0.138. The van der Waals surface area contributed by atoms with Crippen LogP contribution in [-0.2, 0) is 4.79 Å². The van der Waals surface area contributed by atoms with E-state index in [1.807, 2.05) is 0 Å². The SMILES string of the molecule is Cc1nsc(NC(=O)N(CC(=O)O)C(C)(C)C)n1. The van der Waals surface area contributed by atoms with Gasteiger partial charge in [-0.25, -0.2) is 9.78 Å². The summed E-state index contributed by atoms with van der Waals surface area (Å²) in [6.07, 6.45) is 0. The number of nitrogens with zero attached hydrogens (tertiary/aromatic N) is 3. The molecule has 7 nitrogen and oxygen atoms in total. The number of aliphatic carboxylic acids is 1. The normalized spacial score (nSPS) is 11.1. The molecule has 0 saturated heterocycles. The van der Waals surface area contributed by atoms with Crippen LogP contribution in [0.1, 0.15) is 26.6 Å². The van der Waals surface area contributed by atoms with Crippen LogP contribution in [-0.4, -0.2) is 43.4 Å². The molecule has 0 saturated carbocycles. The number of nitrogens with one attached hydrogen (secondary N) is 1. The van der Waals surface area contributed by atoms with Gasteiger partial charge in [0.25, 0.3) is 0 Å². The van der Waals surface area contributed by atoms with Gasteiger partial charge in [0.15, 0.2) is 0 Å². The summed E-state index contributed by atoms with van der Waals surface area (Å²) in [5.74, 6) is -0.496. The Morgan fingerprint density at radius 1 is 1.44 bits per heavy atom. The average molecular weight is 272 g/mol. The van der Waals surface area contributed by atoms with Gasteiger partial charge in [0, 0.05) is 17.1 Å². The summed E-state index contributed by atoms with van der Waals surface area (Å²) >= 11 is 1.06. The number of anilines is 1. The van der Waals surface area contributed by atoms with Gasteiger partial charge in [-0.2, -0.15) is 4.37 Å². The quantitative estimate of drug-likeness (QED) is 0.870. The fourth-order valence-electron chi connectivity index (χ4n) is 1.26. The van der Waals surface area contributed by atoms with Crippen LogP contribution in [0.5, 0.6) is 0 Å². The van der Waals surface area contributed by atoms with Crippen LogP contribution in [0.25, 0.3) is 0 Å². The fraction of sp³-hybridized carbons (Fsp3) is 0.600.